The van der Waals surface area contributed by atoms with Crippen LogP contribution in [0.3, 0.4) is 0 Å². The minimum atomic E-state index is 1.07. The van der Waals surface area contributed by atoms with E-state index >= 15 is 0 Å². The van der Waals surface area contributed by atoms with Crippen LogP contribution in [0.1, 0.15) is 34.8 Å². The van der Waals surface area contributed by atoms with Crippen molar-refractivity contribution in [2.24, 2.45) is 0 Å². The quantitative estimate of drug-likeness (QED) is 0.712. The van der Waals surface area contributed by atoms with Gasteiger partial charge < -0.3 is 4.90 Å². The van der Waals surface area contributed by atoms with Gasteiger partial charge in [0.1, 0.15) is 0 Å². The summed E-state index contributed by atoms with van der Waals surface area (Å²) in [4.78, 5) is 10.1. The number of aryl methyl sites for hydroxylation is 2. The Morgan fingerprint density at radius 2 is 2.00 bits per heavy atom. The summed E-state index contributed by atoms with van der Waals surface area (Å²) in [6, 6.07) is 0. The number of thiazole rings is 1. The van der Waals surface area contributed by atoms with Crippen LogP contribution in [0.5, 0.6) is 0 Å². The average molecular weight is 247 g/mol. The van der Waals surface area contributed by atoms with Crippen LogP contribution in [0.2, 0.25) is 0 Å². The lowest BCUT2D eigenvalue weighted by molar-refractivity contribution is 0.305. The summed E-state index contributed by atoms with van der Waals surface area (Å²) in [7, 11) is 2.21. The minimum absolute atomic E-state index is 1.07. The topological polar surface area (TPSA) is 20.5 Å². The highest BCUT2D eigenvalue weighted by atomic mass is 32.1. The molecule has 2 aliphatic rings. The third-order valence-electron chi connectivity index (χ3n) is 4.05. The summed E-state index contributed by atoms with van der Waals surface area (Å²) in [5.74, 6) is 0. The number of nitrogens with zero attached hydrogens (tertiary/aromatic N) is 3. The van der Waals surface area contributed by atoms with Crippen LogP contribution in [0.15, 0.2) is 0 Å². The molecular formula is C13H17N3S. The third kappa shape index (κ3) is 1.40. The molecule has 4 heteroatoms. The first-order valence-electron chi connectivity index (χ1n) is 6.52. The number of fused-ring (bicyclic) bond motifs is 5. The van der Waals surface area contributed by atoms with Crippen molar-refractivity contribution in [3.63, 3.8) is 0 Å². The van der Waals surface area contributed by atoms with Gasteiger partial charge in [0.25, 0.3) is 0 Å². The number of hydrogen-bond donors (Lipinski definition) is 0. The molecule has 2 aromatic rings. The van der Waals surface area contributed by atoms with E-state index < -0.39 is 0 Å². The van der Waals surface area contributed by atoms with Gasteiger partial charge in [-0.15, -0.1) is 11.3 Å². The molecule has 0 amide bonds. The zero-order chi connectivity index (χ0) is 11.4. The molecule has 1 aliphatic carbocycles. The monoisotopic (exact) mass is 247 g/mol. The predicted octanol–water partition coefficient (Wildman–Crippen LogP) is 2.26. The van der Waals surface area contributed by atoms with Crippen molar-refractivity contribution in [3.05, 3.63) is 22.0 Å². The van der Waals surface area contributed by atoms with Crippen LogP contribution in [-0.2, 0) is 25.8 Å². The number of hydrogen-bond acceptors (Lipinski definition) is 3. The van der Waals surface area contributed by atoms with Crippen molar-refractivity contribution in [1.29, 1.82) is 0 Å². The maximum atomic E-state index is 4.85. The van der Waals surface area contributed by atoms with E-state index in [1.54, 1.807) is 10.6 Å². The fraction of sp³-hybridized carbons (Fsp3) is 0.615. The molecule has 0 saturated heterocycles. The molecule has 0 spiro atoms. The van der Waals surface area contributed by atoms with E-state index in [4.69, 9.17) is 4.98 Å². The van der Waals surface area contributed by atoms with Crippen LogP contribution in [-0.4, -0.2) is 27.9 Å². The number of aromatic nitrogens is 2. The maximum Gasteiger partial charge on any atom is 0.194 e. The van der Waals surface area contributed by atoms with Gasteiger partial charge in [-0.25, -0.2) is 4.98 Å². The Morgan fingerprint density at radius 1 is 1.12 bits per heavy atom. The smallest absolute Gasteiger partial charge is 0.194 e. The van der Waals surface area contributed by atoms with E-state index in [0.717, 1.165) is 19.5 Å². The van der Waals surface area contributed by atoms with Crippen LogP contribution in [0.4, 0.5) is 0 Å². The van der Waals surface area contributed by atoms with Gasteiger partial charge in [-0.3, -0.25) is 4.40 Å². The first-order chi connectivity index (χ1) is 8.33. The van der Waals surface area contributed by atoms with E-state index in [0.29, 0.717) is 0 Å². The lowest BCUT2D eigenvalue weighted by Gasteiger charge is -2.22. The SMILES string of the molecule is CN1CCc2nc3sc4c(n3c2C1)CCCC4. The molecule has 0 radical (unpaired) electrons. The fourth-order valence-corrected chi connectivity index (χ4v) is 4.38. The lowest BCUT2D eigenvalue weighted by Crippen LogP contribution is -2.27. The average Bonchev–Trinajstić information content (AvgIpc) is 2.84. The molecule has 4 rings (SSSR count). The minimum Gasteiger partial charge on any atom is -0.300 e. The normalized spacial score (nSPS) is 20.5. The van der Waals surface area contributed by atoms with Gasteiger partial charge in [-0.05, 0) is 32.7 Å². The molecule has 1 aliphatic heterocycles. The van der Waals surface area contributed by atoms with Gasteiger partial charge in [0.15, 0.2) is 4.96 Å². The number of rotatable bonds is 0. The molecule has 3 nitrogen and oxygen atoms in total. The van der Waals surface area contributed by atoms with E-state index in [2.05, 4.69) is 16.3 Å². The number of likely N-dealkylation sites (N-methyl/N-ethyl adjacent to an activating group) is 1. The van der Waals surface area contributed by atoms with Crippen molar-refractivity contribution in [2.45, 2.75) is 38.6 Å². The van der Waals surface area contributed by atoms with Crippen LogP contribution in [0, 0.1) is 0 Å². The van der Waals surface area contributed by atoms with Crippen LogP contribution < -0.4 is 0 Å². The largest absolute Gasteiger partial charge is 0.300 e. The van der Waals surface area contributed by atoms with E-state index in [1.165, 1.54) is 42.0 Å². The maximum absolute atomic E-state index is 4.85. The molecule has 17 heavy (non-hydrogen) atoms. The van der Waals surface area contributed by atoms with Crippen LogP contribution >= 0.6 is 11.3 Å². The van der Waals surface area contributed by atoms with E-state index in [-0.39, 0.29) is 0 Å². The Morgan fingerprint density at radius 3 is 2.94 bits per heavy atom. The first kappa shape index (κ1) is 10.1. The molecule has 0 fully saturated rings. The van der Waals surface area contributed by atoms with Crippen molar-refractivity contribution < 1.29 is 0 Å². The summed E-state index contributed by atoms with van der Waals surface area (Å²) in [5, 5.41) is 0. The second kappa shape index (κ2) is 3.56. The van der Waals surface area contributed by atoms with Gasteiger partial charge in [0.05, 0.1) is 11.4 Å². The van der Waals surface area contributed by atoms with E-state index in [1.807, 2.05) is 11.3 Å². The molecular weight excluding hydrogens is 230 g/mol. The molecule has 0 N–H and O–H groups in total. The second-order valence-corrected chi connectivity index (χ2v) is 6.35. The summed E-state index contributed by atoms with van der Waals surface area (Å²) >= 11 is 1.93. The highest BCUT2D eigenvalue weighted by Gasteiger charge is 2.25. The Bertz CT molecular complexity index is 581. The number of imidazole rings is 1. The van der Waals surface area contributed by atoms with E-state index in [9.17, 15) is 0 Å². The van der Waals surface area contributed by atoms with Crippen molar-refractivity contribution >= 4 is 16.3 Å². The summed E-state index contributed by atoms with van der Waals surface area (Å²) in [5.41, 5.74) is 4.39. The molecule has 0 saturated carbocycles. The predicted molar refractivity (Wildman–Crippen MR) is 69.7 cm³/mol. The van der Waals surface area contributed by atoms with Gasteiger partial charge in [0.2, 0.25) is 0 Å². The fourth-order valence-electron chi connectivity index (χ4n) is 3.13. The Hall–Kier alpha value is -0.870. The standard InChI is InChI=1S/C13H17N3S/c1-15-7-6-9-11(8-15)16-10-4-2-3-5-12(10)17-13(16)14-9/h2-8H2,1H3. The third-order valence-corrected chi connectivity index (χ3v) is 5.19. The first-order valence-corrected chi connectivity index (χ1v) is 7.34. The highest BCUT2D eigenvalue weighted by Crippen LogP contribution is 2.33. The molecule has 0 aromatic carbocycles. The van der Waals surface area contributed by atoms with Gasteiger partial charge in [-0.2, -0.15) is 0 Å². The van der Waals surface area contributed by atoms with Gasteiger partial charge in [0, 0.05) is 30.1 Å². The molecule has 0 unspecified atom stereocenters. The van der Waals surface area contributed by atoms with Crippen molar-refractivity contribution in [2.75, 3.05) is 13.6 Å². The lowest BCUT2D eigenvalue weighted by atomic mass is 10.0. The van der Waals surface area contributed by atoms with Crippen molar-refractivity contribution in [3.8, 4) is 0 Å². The Balaban J connectivity index is 1.96. The molecule has 3 heterocycles. The molecule has 90 valence electrons. The zero-order valence-electron chi connectivity index (χ0n) is 10.2. The molecule has 0 bridgehead atoms. The Labute approximate surface area is 105 Å². The van der Waals surface area contributed by atoms with Gasteiger partial charge in [-0.1, -0.05) is 0 Å². The summed E-state index contributed by atoms with van der Waals surface area (Å²) < 4.78 is 2.48. The summed E-state index contributed by atoms with van der Waals surface area (Å²) in [6.07, 6.45) is 6.35. The Kier molecular flexibility index (Phi) is 2.11. The highest BCUT2D eigenvalue weighted by molar-refractivity contribution is 7.17. The van der Waals surface area contributed by atoms with Crippen LogP contribution in [0.25, 0.3) is 4.96 Å². The molecule has 2 aromatic heterocycles. The second-order valence-electron chi connectivity index (χ2n) is 5.29. The van der Waals surface area contributed by atoms with Crippen molar-refractivity contribution in [1.82, 2.24) is 14.3 Å². The molecule has 0 atom stereocenters. The summed E-state index contributed by atoms with van der Waals surface area (Å²) in [6.45, 7) is 2.22. The zero-order valence-corrected chi connectivity index (χ0v) is 11.0. The van der Waals surface area contributed by atoms with Gasteiger partial charge >= 0.3 is 0 Å².